The SMILES string of the molecule is CCOC(=O)C(c1cccc2ccncc12)C(C)C. The molecule has 0 bridgehead atoms. The summed E-state index contributed by atoms with van der Waals surface area (Å²) >= 11 is 0. The van der Waals surface area contributed by atoms with Gasteiger partial charge in [-0.05, 0) is 29.9 Å². The Morgan fingerprint density at radius 3 is 2.79 bits per heavy atom. The van der Waals surface area contributed by atoms with E-state index in [1.807, 2.05) is 51.2 Å². The van der Waals surface area contributed by atoms with Crippen LogP contribution in [0.15, 0.2) is 36.7 Å². The van der Waals surface area contributed by atoms with Crippen LogP contribution in [0.4, 0.5) is 0 Å². The average Bonchev–Trinajstić information content (AvgIpc) is 2.39. The highest BCUT2D eigenvalue weighted by molar-refractivity contribution is 5.90. The Bertz CT molecular complexity index is 572. The van der Waals surface area contributed by atoms with Gasteiger partial charge in [0.1, 0.15) is 0 Å². The zero-order valence-corrected chi connectivity index (χ0v) is 11.6. The van der Waals surface area contributed by atoms with Crippen LogP contribution in [0.25, 0.3) is 10.8 Å². The van der Waals surface area contributed by atoms with E-state index in [9.17, 15) is 4.79 Å². The first-order valence-electron chi connectivity index (χ1n) is 6.64. The lowest BCUT2D eigenvalue weighted by Crippen LogP contribution is -2.21. The van der Waals surface area contributed by atoms with Crippen LogP contribution < -0.4 is 0 Å². The van der Waals surface area contributed by atoms with Crippen LogP contribution in [0.1, 0.15) is 32.3 Å². The lowest BCUT2D eigenvalue weighted by molar-refractivity contribution is -0.146. The first-order valence-corrected chi connectivity index (χ1v) is 6.64. The molecule has 0 radical (unpaired) electrons. The molecule has 1 aromatic carbocycles. The van der Waals surface area contributed by atoms with Crippen molar-refractivity contribution in [2.45, 2.75) is 26.7 Å². The van der Waals surface area contributed by atoms with Crippen LogP contribution in [0.5, 0.6) is 0 Å². The highest BCUT2D eigenvalue weighted by Crippen LogP contribution is 2.31. The molecule has 2 aromatic rings. The first kappa shape index (κ1) is 13.5. The Kier molecular flexibility index (Phi) is 4.15. The van der Waals surface area contributed by atoms with Gasteiger partial charge < -0.3 is 4.74 Å². The Labute approximate surface area is 113 Å². The molecule has 0 fully saturated rings. The summed E-state index contributed by atoms with van der Waals surface area (Å²) in [6, 6.07) is 7.96. The van der Waals surface area contributed by atoms with E-state index in [1.165, 1.54) is 0 Å². The Balaban J connectivity index is 2.53. The summed E-state index contributed by atoms with van der Waals surface area (Å²) < 4.78 is 5.21. The number of carbonyl (C=O) groups excluding carboxylic acids is 1. The zero-order valence-electron chi connectivity index (χ0n) is 11.6. The number of rotatable bonds is 4. The van der Waals surface area contributed by atoms with Crippen LogP contribution in [-0.4, -0.2) is 17.6 Å². The molecule has 1 heterocycles. The van der Waals surface area contributed by atoms with Crippen LogP contribution in [0.2, 0.25) is 0 Å². The van der Waals surface area contributed by atoms with Crippen molar-refractivity contribution in [3.8, 4) is 0 Å². The molecule has 0 saturated carbocycles. The lowest BCUT2D eigenvalue weighted by atomic mass is 9.86. The highest BCUT2D eigenvalue weighted by atomic mass is 16.5. The van der Waals surface area contributed by atoms with Gasteiger partial charge in [0.05, 0.1) is 12.5 Å². The number of hydrogen-bond donors (Lipinski definition) is 0. The van der Waals surface area contributed by atoms with Crippen LogP contribution in [0.3, 0.4) is 0 Å². The summed E-state index contributed by atoms with van der Waals surface area (Å²) in [7, 11) is 0. The molecule has 2 rings (SSSR count). The summed E-state index contributed by atoms with van der Waals surface area (Å²) in [5, 5.41) is 2.12. The average molecular weight is 257 g/mol. The predicted molar refractivity (Wildman–Crippen MR) is 76.0 cm³/mol. The highest BCUT2D eigenvalue weighted by Gasteiger charge is 2.26. The van der Waals surface area contributed by atoms with Crippen molar-refractivity contribution in [2.75, 3.05) is 6.61 Å². The third-order valence-electron chi connectivity index (χ3n) is 3.26. The maximum Gasteiger partial charge on any atom is 0.313 e. The second-order valence-electron chi connectivity index (χ2n) is 4.92. The van der Waals surface area contributed by atoms with E-state index in [1.54, 1.807) is 6.20 Å². The minimum Gasteiger partial charge on any atom is -0.466 e. The number of hydrogen-bond acceptors (Lipinski definition) is 3. The van der Waals surface area contributed by atoms with Gasteiger partial charge in [-0.2, -0.15) is 0 Å². The molecule has 1 atom stereocenters. The molecule has 3 heteroatoms. The summed E-state index contributed by atoms with van der Waals surface area (Å²) in [6.07, 6.45) is 3.58. The van der Waals surface area contributed by atoms with E-state index in [-0.39, 0.29) is 17.8 Å². The van der Waals surface area contributed by atoms with Gasteiger partial charge in [0, 0.05) is 17.8 Å². The van der Waals surface area contributed by atoms with Crippen molar-refractivity contribution < 1.29 is 9.53 Å². The van der Waals surface area contributed by atoms with E-state index >= 15 is 0 Å². The molecule has 0 aliphatic rings. The molecule has 0 aliphatic carbocycles. The molecule has 1 aromatic heterocycles. The molecule has 0 saturated heterocycles. The molecule has 19 heavy (non-hydrogen) atoms. The largest absolute Gasteiger partial charge is 0.466 e. The van der Waals surface area contributed by atoms with Gasteiger partial charge in [-0.3, -0.25) is 9.78 Å². The number of carbonyl (C=O) groups is 1. The molecule has 0 spiro atoms. The molecule has 0 amide bonds. The third kappa shape index (κ3) is 2.75. The molecule has 100 valence electrons. The number of ether oxygens (including phenoxy) is 1. The standard InChI is InChI=1S/C16H19NO2/c1-4-19-16(18)15(11(2)3)13-7-5-6-12-8-9-17-10-14(12)13/h5-11,15H,4H2,1-3H3. The summed E-state index contributed by atoms with van der Waals surface area (Å²) in [5.74, 6) is -0.216. The molecule has 1 unspecified atom stereocenters. The Morgan fingerprint density at radius 2 is 2.11 bits per heavy atom. The second-order valence-corrected chi connectivity index (χ2v) is 4.92. The van der Waals surface area contributed by atoms with E-state index in [4.69, 9.17) is 4.74 Å². The summed E-state index contributed by atoms with van der Waals surface area (Å²) in [5.41, 5.74) is 0.999. The Morgan fingerprint density at radius 1 is 1.32 bits per heavy atom. The minimum atomic E-state index is -0.243. The van der Waals surface area contributed by atoms with Gasteiger partial charge in [-0.15, -0.1) is 0 Å². The van der Waals surface area contributed by atoms with Crippen molar-refractivity contribution >= 4 is 16.7 Å². The number of aromatic nitrogens is 1. The van der Waals surface area contributed by atoms with Crippen LogP contribution >= 0.6 is 0 Å². The Hall–Kier alpha value is -1.90. The van der Waals surface area contributed by atoms with Crippen molar-refractivity contribution in [1.29, 1.82) is 0 Å². The van der Waals surface area contributed by atoms with Crippen molar-refractivity contribution in [3.63, 3.8) is 0 Å². The van der Waals surface area contributed by atoms with E-state index in [0.29, 0.717) is 6.61 Å². The van der Waals surface area contributed by atoms with Crippen molar-refractivity contribution in [2.24, 2.45) is 5.92 Å². The monoisotopic (exact) mass is 257 g/mol. The fraction of sp³-hybridized carbons (Fsp3) is 0.375. The number of fused-ring (bicyclic) bond motifs is 1. The molecule has 0 aliphatic heterocycles. The molecule has 0 N–H and O–H groups in total. The smallest absolute Gasteiger partial charge is 0.313 e. The predicted octanol–water partition coefficient (Wildman–Crippen LogP) is 3.54. The number of esters is 1. The normalized spacial score (nSPS) is 12.6. The number of pyridine rings is 1. The molecule has 3 nitrogen and oxygen atoms in total. The lowest BCUT2D eigenvalue weighted by Gasteiger charge is -2.21. The number of benzene rings is 1. The van der Waals surface area contributed by atoms with Crippen molar-refractivity contribution in [1.82, 2.24) is 4.98 Å². The van der Waals surface area contributed by atoms with E-state index < -0.39 is 0 Å². The topological polar surface area (TPSA) is 39.2 Å². The fourth-order valence-electron chi connectivity index (χ4n) is 2.40. The van der Waals surface area contributed by atoms with Crippen LogP contribution in [0, 0.1) is 5.92 Å². The zero-order chi connectivity index (χ0) is 13.8. The van der Waals surface area contributed by atoms with Crippen LogP contribution in [-0.2, 0) is 9.53 Å². The van der Waals surface area contributed by atoms with Gasteiger partial charge in [-0.25, -0.2) is 0 Å². The van der Waals surface area contributed by atoms with Gasteiger partial charge in [0.15, 0.2) is 0 Å². The third-order valence-corrected chi connectivity index (χ3v) is 3.26. The van der Waals surface area contributed by atoms with Gasteiger partial charge in [0.2, 0.25) is 0 Å². The number of nitrogens with zero attached hydrogens (tertiary/aromatic N) is 1. The quantitative estimate of drug-likeness (QED) is 0.786. The van der Waals surface area contributed by atoms with Crippen molar-refractivity contribution in [3.05, 3.63) is 42.2 Å². The molecular formula is C16H19NO2. The van der Waals surface area contributed by atoms with E-state index in [2.05, 4.69) is 4.98 Å². The summed E-state index contributed by atoms with van der Waals surface area (Å²) in [4.78, 5) is 16.4. The maximum absolute atomic E-state index is 12.2. The summed E-state index contributed by atoms with van der Waals surface area (Å²) in [6.45, 7) is 6.32. The van der Waals surface area contributed by atoms with E-state index in [0.717, 1.165) is 16.3 Å². The maximum atomic E-state index is 12.2. The van der Waals surface area contributed by atoms with Gasteiger partial charge in [0.25, 0.3) is 0 Å². The second kappa shape index (κ2) is 5.83. The molecular weight excluding hydrogens is 238 g/mol. The fourth-order valence-corrected chi connectivity index (χ4v) is 2.40. The minimum absolute atomic E-state index is 0.158. The first-order chi connectivity index (χ1) is 9.15. The van der Waals surface area contributed by atoms with Gasteiger partial charge >= 0.3 is 5.97 Å². The van der Waals surface area contributed by atoms with Gasteiger partial charge in [-0.1, -0.05) is 32.0 Å².